The number of nitrogens with zero attached hydrogens (tertiary/aromatic N) is 1. The summed E-state index contributed by atoms with van der Waals surface area (Å²) in [6.07, 6.45) is 3.85. The lowest BCUT2D eigenvalue weighted by atomic mass is 10.1. The Balaban J connectivity index is 2.15. The third-order valence-corrected chi connectivity index (χ3v) is 4.33. The van der Waals surface area contributed by atoms with Gasteiger partial charge in [0.25, 0.3) is 0 Å². The van der Waals surface area contributed by atoms with Gasteiger partial charge in [-0.2, -0.15) is 0 Å². The van der Waals surface area contributed by atoms with Gasteiger partial charge in [0.1, 0.15) is 0 Å². The fourth-order valence-corrected chi connectivity index (χ4v) is 2.42. The Morgan fingerprint density at radius 2 is 2.17 bits per heavy atom. The highest BCUT2D eigenvalue weighted by Crippen LogP contribution is 2.27. The molecule has 0 amide bonds. The zero-order valence-electron chi connectivity index (χ0n) is 11.5. The van der Waals surface area contributed by atoms with Crippen molar-refractivity contribution in [1.29, 1.82) is 0 Å². The summed E-state index contributed by atoms with van der Waals surface area (Å²) in [5, 5.41) is 3.60. The van der Waals surface area contributed by atoms with Crippen LogP contribution in [0.5, 0.6) is 0 Å². The quantitative estimate of drug-likeness (QED) is 0.856. The highest BCUT2D eigenvalue weighted by atomic mass is 79.9. The fraction of sp³-hybridized carbons (Fsp3) is 0.600. The summed E-state index contributed by atoms with van der Waals surface area (Å²) < 4.78 is 1.16. The molecule has 1 aliphatic carbocycles. The van der Waals surface area contributed by atoms with Crippen LogP contribution in [-0.2, 0) is 6.54 Å². The van der Waals surface area contributed by atoms with Crippen molar-refractivity contribution in [3.63, 3.8) is 0 Å². The van der Waals surface area contributed by atoms with Gasteiger partial charge in [-0.25, -0.2) is 0 Å². The first kappa shape index (κ1) is 13.9. The number of hydrogen-bond donors (Lipinski definition) is 1. The second-order valence-electron chi connectivity index (χ2n) is 5.30. The normalized spacial score (nSPS) is 16.7. The average Bonchev–Trinajstić information content (AvgIpc) is 3.19. The van der Waals surface area contributed by atoms with Crippen LogP contribution in [0.25, 0.3) is 0 Å². The number of hydrogen-bond acceptors (Lipinski definition) is 2. The molecule has 0 saturated heterocycles. The van der Waals surface area contributed by atoms with Crippen molar-refractivity contribution < 1.29 is 0 Å². The molecule has 100 valence electrons. The molecule has 1 aromatic carbocycles. The molecule has 1 aromatic rings. The van der Waals surface area contributed by atoms with E-state index in [2.05, 4.69) is 65.2 Å². The van der Waals surface area contributed by atoms with Gasteiger partial charge >= 0.3 is 0 Å². The van der Waals surface area contributed by atoms with E-state index in [9.17, 15) is 0 Å². The van der Waals surface area contributed by atoms with Crippen LogP contribution in [0.3, 0.4) is 0 Å². The van der Waals surface area contributed by atoms with E-state index < -0.39 is 0 Å². The number of rotatable bonds is 6. The monoisotopic (exact) mass is 310 g/mol. The van der Waals surface area contributed by atoms with E-state index in [-0.39, 0.29) is 0 Å². The zero-order valence-corrected chi connectivity index (χ0v) is 13.1. The van der Waals surface area contributed by atoms with Crippen LogP contribution in [-0.4, -0.2) is 19.1 Å². The van der Waals surface area contributed by atoms with Crippen molar-refractivity contribution in [3.8, 4) is 0 Å². The van der Waals surface area contributed by atoms with Crippen molar-refractivity contribution in [1.82, 2.24) is 5.32 Å². The molecule has 0 spiro atoms. The molecular formula is C15H23BrN2. The Bertz CT molecular complexity index is 401. The Labute approximate surface area is 119 Å². The van der Waals surface area contributed by atoms with Crippen molar-refractivity contribution in [2.24, 2.45) is 0 Å². The summed E-state index contributed by atoms with van der Waals surface area (Å²) in [6, 6.07) is 7.93. The van der Waals surface area contributed by atoms with Crippen LogP contribution < -0.4 is 10.2 Å². The standard InChI is InChI=1S/C15H23BrN2/c1-4-11(2)18(3)15-9-13(16)6-5-12(15)10-17-14-7-8-14/h5-6,9,11,14,17H,4,7-8,10H2,1-3H3. The Hall–Kier alpha value is -0.540. The zero-order chi connectivity index (χ0) is 13.1. The smallest absolute Gasteiger partial charge is 0.0422 e. The van der Waals surface area contributed by atoms with E-state index in [1.807, 2.05) is 0 Å². The third-order valence-electron chi connectivity index (χ3n) is 3.84. The molecule has 0 aromatic heterocycles. The lowest BCUT2D eigenvalue weighted by molar-refractivity contribution is 0.649. The molecular weight excluding hydrogens is 288 g/mol. The molecule has 1 aliphatic rings. The molecule has 2 rings (SSSR count). The first-order chi connectivity index (χ1) is 8.61. The predicted octanol–water partition coefficient (Wildman–Crippen LogP) is 3.94. The van der Waals surface area contributed by atoms with Gasteiger partial charge in [0.2, 0.25) is 0 Å². The molecule has 0 radical (unpaired) electrons. The molecule has 1 unspecified atom stereocenters. The van der Waals surface area contributed by atoms with Gasteiger partial charge in [0.05, 0.1) is 0 Å². The van der Waals surface area contributed by atoms with Crippen LogP contribution in [0.15, 0.2) is 22.7 Å². The van der Waals surface area contributed by atoms with Crippen LogP contribution >= 0.6 is 15.9 Å². The summed E-state index contributed by atoms with van der Waals surface area (Å²) in [5.74, 6) is 0. The average molecular weight is 311 g/mol. The highest BCUT2D eigenvalue weighted by Gasteiger charge is 2.21. The number of halogens is 1. The van der Waals surface area contributed by atoms with Crippen molar-refractivity contribution in [2.45, 2.75) is 51.7 Å². The fourth-order valence-electron chi connectivity index (χ4n) is 2.07. The summed E-state index contributed by atoms with van der Waals surface area (Å²) in [4.78, 5) is 2.38. The van der Waals surface area contributed by atoms with E-state index >= 15 is 0 Å². The molecule has 1 N–H and O–H groups in total. The van der Waals surface area contributed by atoms with E-state index in [1.165, 1.54) is 30.5 Å². The first-order valence-electron chi connectivity index (χ1n) is 6.86. The second kappa shape index (κ2) is 6.07. The minimum absolute atomic E-state index is 0.568. The van der Waals surface area contributed by atoms with Gasteiger partial charge < -0.3 is 10.2 Å². The number of benzene rings is 1. The molecule has 2 nitrogen and oxygen atoms in total. The van der Waals surface area contributed by atoms with Gasteiger partial charge in [-0.05, 0) is 43.9 Å². The van der Waals surface area contributed by atoms with Crippen molar-refractivity contribution >= 4 is 21.6 Å². The largest absolute Gasteiger partial charge is 0.372 e. The topological polar surface area (TPSA) is 15.3 Å². The maximum atomic E-state index is 3.60. The van der Waals surface area contributed by atoms with Crippen LogP contribution in [0.2, 0.25) is 0 Å². The molecule has 0 bridgehead atoms. The van der Waals surface area contributed by atoms with Gasteiger partial charge in [-0.1, -0.05) is 28.9 Å². The molecule has 0 aliphatic heterocycles. The minimum Gasteiger partial charge on any atom is -0.372 e. The first-order valence-corrected chi connectivity index (χ1v) is 7.65. The number of anilines is 1. The molecule has 1 atom stereocenters. The molecule has 1 fully saturated rings. The SMILES string of the molecule is CCC(C)N(C)c1cc(Br)ccc1CNC1CC1. The Kier molecular flexibility index (Phi) is 4.68. The van der Waals surface area contributed by atoms with Gasteiger partial charge in [-0.3, -0.25) is 0 Å². The molecule has 1 saturated carbocycles. The van der Waals surface area contributed by atoms with E-state index in [0.717, 1.165) is 17.1 Å². The highest BCUT2D eigenvalue weighted by molar-refractivity contribution is 9.10. The summed E-state index contributed by atoms with van der Waals surface area (Å²) in [6.45, 7) is 5.49. The Morgan fingerprint density at radius 1 is 1.44 bits per heavy atom. The van der Waals surface area contributed by atoms with Crippen molar-refractivity contribution in [2.75, 3.05) is 11.9 Å². The maximum Gasteiger partial charge on any atom is 0.0422 e. The van der Waals surface area contributed by atoms with Gasteiger partial charge in [0, 0.05) is 35.8 Å². The van der Waals surface area contributed by atoms with Crippen molar-refractivity contribution in [3.05, 3.63) is 28.2 Å². The minimum atomic E-state index is 0.568. The lowest BCUT2D eigenvalue weighted by Crippen LogP contribution is -2.29. The third kappa shape index (κ3) is 3.48. The van der Waals surface area contributed by atoms with E-state index in [0.29, 0.717) is 6.04 Å². The van der Waals surface area contributed by atoms with E-state index in [1.54, 1.807) is 0 Å². The van der Waals surface area contributed by atoms with Crippen LogP contribution in [0, 0.1) is 0 Å². The summed E-state index contributed by atoms with van der Waals surface area (Å²) in [5.41, 5.74) is 2.74. The molecule has 0 heterocycles. The second-order valence-corrected chi connectivity index (χ2v) is 6.21. The summed E-state index contributed by atoms with van der Waals surface area (Å²) in [7, 11) is 2.19. The van der Waals surface area contributed by atoms with Crippen LogP contribution in [0.1, 0.15) is 38.7 Å². The molecule has 18 heavy (non-hydrogen) atoms. The van der Waals surface area contributed by atoms with Gasteiger partial charge in [-0.15, -0.1) is 0 Å². The molecule has 3 heteroatoms. The van der Waals surface area contributed by atoms with E-state index in [4.69, 9.17) is 0 Å². The Morgan fingerprint density at radius 3 is 2.78 bits per heavy atom. The number of nitrogens with one attached hydrogen (secondary N) is 1. The lowest BCUT2D eigenvalue weighted by Gasteiger charge is -2.28. The maximum absolute atomic E-state index is 3.60. The predicted molar refractivity (Wildman–Crippen MR) is 82.2 cm³/mol. The van der Waals surface area contributed by atoms with Crippen LogP contribution in [0.4, 0.5) is 5.69 Å². The summed E-state index contributed by atoms with van der Waals surface area (Å²) >= 11 is 3.58. The van der Waals surface area contributed by atoms with Gasteiger partial charge in [0.15, 0.2) is 0 Å².